The van der Waals surface area contributed by atoms with Crippen molar-refractivity contribution in [1.29, 1.82) is 0 Å². The van der Waals surface area contributed by atoms with E-state index in [9.17, 15) is 0 Å². The largest absolute Gasteiger partial charge is 0.381 e. The molecule has 30 heavy (non-hydrogen) atoms. The molecule has 1 heterocycles. The molecule has 170 valence electrons. The van der Waals surface area contributed by atoms with Gasteiger partial charge < -0.3 is 20.1 Å². The Hall–Kier alpha value is -0.860. The molecular weight excluding hydrogens is 489 g/mol. The normalized spacial score (nSPS) is 22.9. The molecule has 5 nitrogen and oxygen atoms in total. The molecule has 2 fully saturated rings. The number of halogens is 1. The molecule has 1 saturated carbocycles. The molecule has 2 unspecified atom stereocenters. The molecule has 1 aliphatic heterocycles. The highest BCUT2D eigenvalue weighted by Gasteiger charge is 2.21. The minimum Gasteiger partial charge on any atom is -0.381 e. The van der Waals surface area contributed by atoms with Crippen molar-refractivity contribution in [3.05, 3.63) is 35.4 Å². The van der Waals surface area contributed by atoms with Crippen molar-refractivity contribution in [3.8, 4) is 0 Å². The third kappa shape index (κ3) is 8.71. The number of nitrogens with zero attached hydrogens (tertiary/aromatic N) is 1. The summed E-state index contributed by atoms with van der Waals surface area (Å²) in [6, 6.07) is 9.17. The van der Waals surface area contributed by atoms with Crippen LogP contribution in [0.15, 0.2) is 29.3 Å². The Morgan fingerprint density at radius 2 is 1.93 bits per heavy atom. The Morgan fingerprint density at radius 3 is 2.70 bits per heavy atom. The predicted octanol–water partition coefficient (Wildman–Crippen LogP) is 5.02. The van der Waals surface area contributed by atoms with Crippen molar-refractivity contribution in [2.45, 2.75) is 84.1 Å². The zero-order chi connectivity index (χ0) is 20.3. The lowest BCUT2D eigenvalue weighted by molar-refractivity contribution is -0.0390. The first-order valence-corrected chi connectivity index (χ1v) is 11.6. The fourth-order valence-electron chi connectivity index (χ4n) is 4.35. The number of rotatable bonds is 8. The van der Waals surface area contributed by atoms with Gasteiger partial charge in [0.25, 0.3) is 0 Å². The molecular formula is C24H40IN3O2. The van der Waals surface area contributed by atoms with Crippen molar-refractivity contribution in [2.75, 3.05) is 19.8 Å². The lowest BCUT2D eigenvalue weighted by atomic mass is 9.84. The second-order valence-electron chi connectivity index (χ2n) is 8.42. The van der Waals surface area contributed by atoms with Gasteiger partial charge in [-0.3, -0.25) is 0 Å². The van der Waals surface area contributed by atoms with Gasteiger partial charge in [-0.05, 0) is 49.7 Å². The monoisotopic (exact) mass is 529 g/mol. The molecule has 0 bridgehead atoms. The van der Waals surface area contributed by atoms with Gasteiger partial charge in [0.1, 0.15) is 0 Å². The summed E-state index contributed by atoms with van der Waals surface area (Å²) in [6.07, 6.45) is 8.84. The van der Waals surface area contributed by atoms with E-state index in [1.165, 1.54) is 43.2 Å². The van der Waals surface area contributed by atoms with Crippen LogP contribution in [-0.2, 0) is 22.6 Å². The van der Waals surface area contributed by atoms with Gasteiger partial charge >= 0.3 is 0 Å². The van der Waals surface area contributed by atoms with E-state index in [1.54, 1.807) is 0 Å². The number of hydrogen-bond donors (Lipinski definition) is 2. The molecule has 1 aliphatic carbocycles. The van der Waals surface area contributed by atoms with E-state index in [0.29, 0.717) is 25.3 Å². The van der Waals surface area contributed by atoms with Gasteiger partial charge in [-0.15, -0.1) is 24.0 Å². The third-order valence-corrected chi connectivity index (χ3v) is 6.11. The van der Waals surface area contributed by atoms with Gasteiger partial charge in [0.15, 0.2) is 5.96 Å². The fraction of sp³-hybridized carbons (Fsp3) is 0.708. The fourth-order valence-corrected chi connectivity index (χ4v) is 4.35. The summed E-state index contributed by atoms with van der Waals surface area (Å²) in [6.45, 7) is 8.31. The SMILES string of the molecule is CCNC(=NCc1cccc(COC2CCOCC2)c1)NC1CCCC(CC)C1.I. The number of guanidine groups is 1. The van der Waals surface area contributed by atoms with Crippen LogP contribution in [0.5, 0.6) is 0 Å². The lowest BCUT2D eigenvalue weighted by Crippen LogP contribution is -2.45. The number of nitrogens with one attached hydrogen (secondary N) is 2. The summed E-state index contributed by atoms with van der Waals surface area (Å²) in [5, 5.41) is 7.09. The summed E-state index contributed by atoms with van der Waals surface area (Å²) in [5.74, 6) is 1.80. The van der Waals surface area contributed by atoms with Crippen LogP contribution in [0.2, 0.25) is 0 Å². The first-order valence-electron chi connectivity index (χ1n) is 11.6. The maximum atomic E-state index is 6.07. The van der Waals surface area contributed by atoms with E-state index in [0.717, 1.165) is 44.5 Å². The van der Waals surface area contributed by atoms with Crippen LogP contribution in [-0.4, -0.2) is 37.9 Å². The second kappa shape index (κ2) is 14.2. The standard InChI is InChI=1S/C24H39N3O2.HI/c1-3-19-7-6-10-22(16-19)27-24(25-4-2)26-17-20-8-5-9-21(15-20)18-29-23-11-13-28-14-12-23;/h5,8-9,15,19,22-23H,3-4,6-7,10-14,16-18H2,1-2H3,(H2,25,26,27);1H. The minimum atomic E-state index is 0. The summed E-state index contributed by atoms with van der Waals surface area (Å²) >= 11 is 0. The molecule has 2 N–H and O–H groups in total. The average Bonchev–Trinajstić information content (AvgIpc) is 2.77. The van der Waals surface area contributed by atoms with Gasteiger partial charge in [-0.1, -0.05) is 50.5 Å². The molecule has 0 aromatic heterocycles. The van der Waals surface area contributed by atoms with Crippen molar-refractivity contribution in [3.63, 3.8) is 0 Å². The van der Waals surface area contributed by atoms with E-state index in [4.69, 9.17) is 14.5 Å². The summed E-state index contributed by atoms with van der Waals surface area (Å²) in [7, 11) is 0. The number of hydrogen-bond acceptors (Lipinski definition) is 3. The Bertz CT molecular complexity index is 635. The average molecular weight is 530 g/mol. The molecule has 0 amide bonds. The van der Waals surface area contributed by atoms with Crippen LogP contribution in [0.25, 0.3) is 0 Å². The van der Waals surface area contributed by atoms with Crippen molar-refractivity contribution >= 4 is 29.9 Å². The Labute approximate surface area is 199 Å². The van der Waals surface area contributed by atoms with Gasteiger partial charge in [-0.2, -0.15) is 0 Å². The minimum absolute atomic E-state index is 0. The van der Waals surface area contributed by atoms with Crippen LogP contribution < -0.4 is 10.6 Å². The predicted molar refractivity (Wildman–Crippen MR) is 134 cm³/mol. The van der Waals surface area contributed by atoms with Crippen LogP contribution in [0, 0.1) is 5.92 Å². The maximum Gasteiger partial charge on any atom is 0.191 e. The molecule has 2 aliphatic rings. The molecule has 3 rings (SSSR count). The molecule has 1 aromatic rings. The number of ether oxygens (including phenoxy) is 2. The van der Waals surface area contributed by atoms with E-state index in [1.807, 2.05) is 0 Å². The summed E-state index contributed by atoms with van der Waals surface area (Å²) in [5.41, 5.74) is 2.45. The smallest absolute Gasteiger partial charge is 0.191 e. The van der Waals surface area contributed by atoms with Crippen molar-refractivity contribution in [2.24, 2.45) is 10.9 Å². The quantitative estimate of drug-likeness (QED) is 0.282. The Balaban J connectivity index is 0.00000320. The van der Waals surface area contributed by atoms with Crippen LogP contribution in [0.4, 0.5) is 0 Å². The molecule has 6 heteroatoms. The molecule has 1 aromatic carbocycles. The molecule has 0 spiro atoms. The number of benzene rings is 1. The highest BCUT2D eigenvalue weighted by molar-refractivity contribution is 14.0. The second-order valence-corrected chi connectivity index (χ2v) is 8.42. The van der Waals surface area contributed by atoms with Gasteiger partial charge in [0, 0.05) is 25.8 Å². The first-order chi connectivity index (χ1) is 14.3. The van der Waals surface area contributed by atoms with Gasteiger partial charge in [-0.25, -0.2) is 4.99 Å². The number of aliphatic imine (C=N–C) groups is 1. The van der Waals surface area contributed by atoms with Gasteiger partial charge in [0.2, 0.25) is 0 Å². The molecule has 0 radical (unpaired) electrons. The lowest BCUT2D eigenvalue weighted by Gasteiger charge is -2.30. The van der Waals surface area contributed by atoms with Crippen LogP contribution in [0.1, 0.15) is 69.9 Å². The summed E-state index contributed by atoms with van der Waals surface area (Å²) in [4.78, 5) is 4.86. The van der Waals surface area contributed by atoms with E-state index < -0.39 is 0 Å². The third-order valence-electron chi connectivity index (χ3n) is 6.11. The molecule has 2 atom stereocenters. The zero-order valence-electron chi connectivity index (χ0n) is 18.7. The first kappa shape index (κ1) is 25.4. The van der Waals surface area contributed by atoms with Gasteiger partial charge in [0.05, 0.1) is 19.3 Å². The Kier molecular flexibility index (Phi) is 12.1. The highest BCUT2D eigenvalue weighted by atomic mass is 127. The molecule has 1 saturated heterocycles. The topological polar surface area (TPSA) is 54.9 Å². The highest BCUT2D eigenvalue weighted by Crippen LogP contribution is 2.26. The van der Waals surface area contributed by atoms with Crippen LogP contribution in [0.3, 0.4) is 0 Å². The van der Waals surface area contributed by atoms with Crippen LogP contribution >= 0.6 is 24.0 Å². The van der Waals surface area contributed by atoms with E-state index in [-0.39, 0.29) is 24.0 Å². The maximum absolute atomic E-state index is 6.07. The zero-order valence-corrected chi connectivity index (χ0v) is 21.0. The van der Waals surface area contributed by atoms with E-state index in [2.05, 4.69) is 48.7 Å². The summed E-state index contributed by atoms with van der Waals surface area (Å²) < 4.78 is 11.5. The Morgan fingerprint density at radius 1 is 1.13 bits per heavy atom. The van der Waals surface area contributed by atoms with Crippen molar-refractivity contribution in [1.82, 2.24) is 10.6 Å². The van der Waals surface area contributed by atoms with Crippen molar-refractivity contribution < 1.29 is 9.47 Å². The van der Waals surface area contributed by atoms with E-state index >= 15 is 0 Å².